The Hall–Kier alpha value is -4.70. The molecule has 15 nitrogen and oxygen atoms in total. The first-order valence-corrected chi connectivity index (χ1v) is 13.7. The molecule has 3 amide bonds. The van der Waals surface area contributed by atoms with Crippen molar-refractivity contribution in [2.45, 2.75) is 29.6 Å². The third kappa shape index (κ3) is 5.26. The van der Waals surface area contributed by atoms with Crippen molar-refractivity contribution in [3.63, 3.8) is 0 Å². The van der Waals surface area contributed by atoms with E-state index >= 15 is 0 Å². The molecule has 0 radical (unpaired) electrons. The van der Waals surface area contributed by atoms with Crippen LogP contribution in [-0.2, 0) is 30.7 Å². The number of aromatic hydroxyl groups is 2. The van der Waals surface area contributed by atoms with Gasteiger partial charge in [0.2, 0.25) is 0 Å². The van der Waals surface area contributed by atoms with Gasteiger partial charge in [0, 0.05) is 31.4 Å². The number of β-lactam (4-membered cyclic amide) rings is 1. The van der Waals surface area contributed by atoms with Gasteiger partial charge in [-0.2, -0.15) is 0 Å². The Labute approximate surface area is 233 Å². The predicted molar refractivity (Wildman–Crippen MR) is 141 cm³/mol. The number of aromatic nitrogens is 1. The van der Waals surface area contributed by atoms with Gasteiger partial charge in [-0.05, 0) is 42.8 Å². The third-order valence-corrected chi connectivity index (χ3v) is 9.49. The molecule has 3 atom stereocenters. The van der Waals surface area contributed by atoms with Crippen LogP contribution in [0.2, 0.25) is 0 Å². The number of phenols is 2. The number of alkyl carbamates (subject to hydrolysis) is 1. The van der Waals surface area contributed by atoms with Crippen LogP contribution >= 0.6 is 0 Å². The van der Waals surface area contributed by atoms with E-state index in [2.05, 4.69) is 15.6 Å². The Morgan fingerprint density at radius 3 is 2.56 bits per heavy atom. The first-order chi connectivity index (χ1) is 19.3. The quantitative estimate of drug-likeness (QED) is 0.121. The monoisotopic (exact) mass is 589 g/mol. The number of ether oxygens (including phenoxy) is 1. The van der Waals surface area contributed by atoms with Gasteiger partial charge in [-0.15, -0.1) is 0 Å². The summed E-state index contributed by atoms with van der Waals surface area (Å²) in [6, 6.07) is 4.71. The summed E-state index contributed by atoms with van der Waals surface area (Å²) in [5.41, 5.74) is 5.81. The largest absolute Gasteiger partial charge is 0.504 e. The zero-order chi connectivity index (χ0) is 30.1. The number of aliphatic carboxylic acids is 1. The van der Waals surface area contributed by atoms with Gasteiger partial charge in [-0.25, -0.2) is 18.0 Å². The Morgan fingerprint density at radius 2 is 1.90 bits per heavy atom. The Morgan fingerprint density at radius 1 is 1.17 bits per heavy atom. The molecule has 3 heterocycles. The van der Waals surface area contributed by atoms with Crippen molar-refractivity contribution < 1.29 is 47.7 Å². The van der Waals surface area contributed by atoms with Gasteiger partial charge >= 0.3 is 12.1 Å². The second kappa shape index (κ2) is 11.1. The maximum Gasteiger partial charge on any atom is 0.407 e. The van der Waals surface area contributed by atoms with E-state index in [0.717, 1.165) is 6.92 Å². The highest BCUT2D eigenvalue weighted by molar-refractivity contribution is 7.94. The van der Waals surface area contributed by atoms with Gasteiger partial charge in [0.05, 0.1) is 11.3 Å². The zero-order valence-corrected chi connectivity index (χ0v) is 22.4. The van der Waals surface area contributed by atoms with Crippen molar-refractivity contribution in [1.29, 1.82) is 0 Å². The molecular weight excluding hydrogens is 562 g/mol. The number of nitrogens with zero attached hydrogens (tertiary/aromatic N) is 2. The van der Waals surface area contributed by atoms with Crippen molar-refractivity contribution in [1.82, 2.24) is 20.5 Å². The molecule has 1 aromatic carbocycles. The van der Waals surface area contributed by atoms with E-state index in [1.54, 1.807) is 0 Å². The van der Waals surface area contributed by atoms with Crippen molar-refractivity contribution in [3.05, 3.63) is 58.9 Å². The lowest BCUT2D eigenvalue weighted by atomic mass is 9.94. The smallest absolute Gasteiger partial charge is 0.407 e. The van der Waals surface area contributed by atoms with Gasteiger partial charge in [-0.3, -0.25) is 14.6 Å². The summed E-state index contributed by atoms with van der Waals surface area (Å²) in [7, 11) is -4.47. The number of sulfone groups is 1. The van der Waals surface area contributed by atoms with Gasteiger partial charge in [0.1, 0.15) is 11.4 Å². The SMILES string of the molecule is C[C@]1(COC(=O)NCc2ccc(O)c(O)c2)[C@H](C(=O)O)N2C(=O)/C(=C/c3cc(C(=O)NCCN)ccn3)[C@H]2S1(=O)=O. The molecule has 4 rings (SSSR count). The summed E-state index contributed by atoms with van der Waals surface area (Å²) < 4.78 is 30.1. The minimum atomic E-state index is -4.47. The van der Waals surface area contributed by atoms with Crippen molar-refractivity contribution in [2.75, 3.05) is 19.7 Å². The number of amides is 3. The van der Waals surface area contributed by atoms with Crippen molar-refractivity contribution >= 4 is 39.8 Å². The average Bonchev–Trinajstić information content (AvgIpc) is 3.10. The van der Waals surface area contributed by atoms with Crippen LogP contribution in [0.25, 0.3) is 6.08 Å². The fourth-order valence-electron chi connectivity index (χ4n) is 4.62. The molecule has 2 aliphatic heterocycles. The van der Waals surface area contributed by atoms with Crippen molar-refractivity contribution in [2.24, 2.45) is 5.73 Å². The number of fused-ring (bicyclic) bond motifs is 1. The van der Waals surface area contributed by atoms with Crippen LogP contribution in [0.15, 0.2) is 42.1 Å². The van der Waals surface area contributed by atoms with E-state index in [-0.39, 0.29) is 42.2 Å². The molecule has 0 unspecified atom stereocenters. The van der Waals surface area contributed by atoms with Gasteiger partial charge < -0.3 is 41.3 Å². The number of rotatable bonds is 9. The first-order valence-electron chi connectivity index (χ1n) is 12.2. The van der Waals surface area contributed by atoms with Crippen LogP contribution in [0.5, 0.6) is 11.5 Å². The number of carboxylic acids is 1. The van der Waals surface area contributed by atoms with E-state index in [9.17, 15) is 42.9 Å². The summed E-state index contributed by atoms with van der Waals surface area (Å²) in [5.74, 6) is -3.69. The summed E-state index contributed by atoms with van der Waals surface area (Å²) in [6.45, 7) is 0.475. The van der Waals surface area contributed by atoms with Crippen molar-refractivity contribution in [3.8, 4) is 11.5 Å². The van der Waals surface area contributed by atoms with Crippen LogP contribution in [0, 0.1) is 0 Å². The molecule has 1 aromatic heterocycles. The predicted octanol–water partition coefficient (Wildman–Crippen LogP) is -0.700. The molecular formula is C25H27N5O10S. The second-order valence-corrected chi connectivity index (χ2v) is 12.0. The maximum atomic E-state index is 13.6. The summed E-state index contributed by atoms with van der Waals surface area (Å²) >= 11 is 0. The minimum absolute atomic E-state index is 0.0972. The lowest BCUT2D eigenvalue weighted by molar-refractivity contribution is -0.153. The molecule has 2 aliphatic rings. The second-order valence-electron chi connectivity index (χ2n) is 9.53. The number of phenolic OH excluding ortho intramolecular Hbond substituents is 2. The highest BCUT2D eigenvalue weighted by Gasteiger charge is 2.72. The Kier molecular flexibility index (Phi) is 7.89. The molecule has 2 saturated heterocycles. The number of carbonyl (C=O) groups is 4. The van der Waals surface area contributed by atoms with Crippen LogP contribution in [0.4, 0.5) is 4.79 Å². The van der Waals surface area contributed by atoms with Crippen LogP contribution in [0.1, 0.15) is 28.5 Å². The molecule has 16 heteroatoms. The normalized spacial score (nSPS) is 23.4. The number of hydrogen-bond donors (Lipinski definition) is 6. The number of hydrogen-bond acceptors (Lipinski definition) is 11. The molecule has 0 aliphatic carbocycles. The lowest BCUT2D eigenvalue weighted by Crippen LogP contribution is -2.59. The molecule has 2 fully saturated rings. The number of nitrogens with two attached hydrogens (primary N) is 1. The maximum absolute atomic E-state index is 13.6. The fraction of sp³-hybridized carbons (Fsp3) is 0.320. The lowest BCUT2D eigenvalue weighted by Gasteiger charge is -2.37. The summed E-state index contributed by atoms with van der Waals surface area (Å²) in [6.07, 6.45) is 1.39. The molecule has 218 valence electrons. The summed E-state index contributed by atoms with van der Waals surface area (Å²) in [5, 5.41) is 32.1. The van der Waals surface area contributed by atoms with E-state index in [1.165, 1.54) is 42.6 Å². The molecule has 0 saturated carbocycles. The van der Waals surface area contributed by atoms with Crippen LogP contribution in [0.3, 0.4) is 0 Å². The molecule has 41 heavy (non-hydrogen) atoms. The number of carbonyl (C=O) groups excluding carboxylic acids is 3. The highest BCUT2D eigenvalue weighted by atomic mass is 32.2. The van der Waals surface area contributed by atoms with Crippen LogP contribution in [-0.4, -0.2) is 93.4 Å². The van der Waals surface area contributed by atoms with Gasteiger partial charge in [0.15, 0.2) is 32.8 Å². The van der Waals surface area contributed by atoms with E-state index < -0.39 is 62.2 Å². The molecule has 0 bridgehead atoms. The van der Waals surface area contributed by atoms with E-state index in [0.29, 0.717) is 10.5 Å². The average molecular weight is 590 g/mol. The first kappa shape index (κ1) is 29.3. The Balaban J connectivity index is 1.53. The van der Waals surface area contributed by atoms with Gasteiger partial charge in [0.25, 0.3) is 11.8 Å². The van der Waals surface area contributed by atoms with E-state index in [4.69, 9.17) is 10.5 Å². The number of benzene rings is 1. The third-order valence-electron chi connectivity index (χ3n) is 6.78. The van der Waals surface area contributed by atoms with E-state index in [1.807, 2.05) is 0 Å². The summed E-state index contributed by atoms with van der Waals surface area (Å²) in [4.78, 5) is 54.5. The molecule has 7 N–H and O–H groups in total. The molecule has 2 aromatic rings. The zero-order valence-electron chi connectivity index (χ0n) is 21.6. The fourth-order valence-corrected chi connectivity index (χ4v) is 6.90. The topological polar surface area (TPSA) is 239 Å². The van der Waals surface area contributed by atoms with Gasteiger partial charge in [-0.1, -0.05) is 6.07 Å². The minimum Gasteiger partial charge on any atom is -0.504 e. The molecule has 0 spiro atoms. The highest BCUT2D eigenvalue weighted by Crippen LogP contribution is 2.49. The number of carboxylic acid groups (broad SMARTS) is 1. The standard InChI is InChI=1S/C25H27N5O10S/c1-25(12-40-24(37)29-11-13-2-3-17(31)18(32)8-13)19(23(35)36)30-21(34)16(22(30)41(25,38)39)10-15-9-14(4-6-27-15)20(33)28-7-5-26/h2-4,6,8-10,19,22,31-32H,5,7,11-12,26H2,1H3,(H,28,33)(H,29,37)(H,35,36)/b16-10-/t19-,22+,25-/m0/s1. The number of nitrogens with one attached hydrogen (secondary N) is 2. The number of pyridine rings is 1. The Bertz CT molecular complexity index is 1560. The van der Waals surface area contributed by atoms with Crippen LogP contribution < -0.4 is 16.4 Å².